The third-order valence-electron chi connectivity index (χ3n) is 2.32. The van der Waals surface area contributed by atoms with Crippen molar-refractivity contribution in [1.29, 1.82) is 0 Å². The number of rotatable bonds is 3. The molecule has 1 aromatic rings. The molecule has 4 N–H and O–H groups in total. The first-order chi connectivity index (χ1) is 6.43. The van der Waals surface area contributed by atoms with Crippen LogP contribution in [0.3, 0.4) is 0 Å². The molecule has 1 aromatic heterocycles. The number of carbonyl (C=O) groups excluding carboxylic acids is 1. The number of nitrogens with zero attached hydrogens (tertiary/aromatic N) is 1. The van der Waals surface area contributed by atoms with Crippen LogP contribution in [-0.2, 0) is 0 Å². The molecule has 1 atom stereocenters. The highest BCUT2D eigenvalue weighted by molar-refractivity contribution is 5.92. The summed E-state index contributed by atoms with van der Waals surface area (Å²) in [7, 11) is 0. The number of H-pyrrole nitrogens is 1. The topological polar surface area (TPSA) is 83.8 Å². The zero-order valence-electron chi connectivity index (χ0n) is 8.66. The Hall–Kier alpha value is -1.36. The average molecular weight is 196 g/mol. The third-order valence-corrected chi connectivity index (χ3v) is 2.32. The van der Waals surface area contributed by atoms with Gasteiger partial charge in [0.1, 0.15) is 5.69 Å². The molecule has 1 rings (SSSR count). The van der Waals surface area contributed by atoms with E-state index in [0.29, 0.717) is 5.69 Å². The minimum Gasteiger partial charge on any atom is -0.344 e. The van der Waals surface area contributed by atoms with Gasteiger partial charge in [0.25, 0.3) is 5.91 Å². The number of hydrogen-bond acceptors (Lipinski definition) is 3. The zero-order chi connectivity index (χ0) is 10.8. The number of aromatic amines is 1. The Kier molecular flexibility index (Phi) is 2.90. The van der Waals surface area contributed by atoms with Gasteiger partial charge in [-0.1, -0.05) is 0 Å². The van der Waals surface area contributed by atoms with E-state index < -0.39 is 5.54 Å². The van der Waals surface area contributed by atoms with Gasteiger partial charge in [-0.3, -0.25) is 9.89 Å². The fraction of sp³-hybridized carbons (Fsp3) is 0.556. The van der Waals surface area contributed by atoms with Gasteiger partial charge in [0, 0.05) is 17.8 Å². The highest BCUT2D eigenvalue weighted by Crippen LogP contribution is 2.07. The predicted molar refractivity (Wildman–Crippen MR) is 53.8 cm³/mol. The van der Waals surface area contributed by atoms with Crippen LogP contribution in [0.1, 0.15) is 31.3 Å². The van der Waals surface area contributed by atoms with E-state index >= 15 is 0 Å². The highest BCUT2D eigenvalue weighted by Gasteiger charge is 2.25. The summed E-state index contributed by atoms with van der Waals surface area (Å²) in [5, 5.41) is 9.12. The van der Waals surface area contributed by atoms with Crippen molar-refractivity contribution >= 4 is 5.91 Å². The Morgan fingerprint density at radius 2 is 2.36 bits per heavy atom. The minimum atomic E-state index is -0.428. The lowest BCUT2D eigenvalue weighted by Gasteiger charge is -2.29. The third kappa shape index (κ3) is 2.32. The Labute approximate surface area is 83.1 Å². The van der Waals surface area contributed by atoms with Gasteiger partial charge in [0.05, 0.1) is 0 Å². The molecule has 5 nitrogen and oxygen atoms in total. The summed E-state index contributed by atoms with van der Waals surface area (Å²) < 4.78 is 0. The molecule has 5 heteroatoms. The molecule has 78 valence electrons. The van der Waals surface area contributed by atoms with Crippen LogP contribution >= 0.6 is 0 Å². The molecule has 0 saturated carbocycles. The Morgan fingerprint density at radius 3 is 2.79 bits per heavy atom. The van der Waals surface area contributed by atoms with Crippen molar-refractivity contribution in [3.05, 3.63) is 18.0 Å². The van der Waals surface area contributed by atoms with Crippen LogP contribution in [0.25, 0.3) is 0 Å². The molecule has 1 unspecified atom stereocenters. The maximum absolute atomic E-state index is 11.6. The van der Waals surface area contributed by atoms with E-state index in [0.717, 1.165) is 0 Å². The Bertz CT molecular complexity index is 303. The van der Waals surface area contributed by atoms with Crippen LogP contribution in [0.4, 0.5) is 0 Å². The van der Waals surface area contributed by atoms with E-state index in [1.54, 1.807) is 6.07 Å². The number of hydrogen-bond donors (Lipinski definition) is 3. The molecule has 0 spiro atoms. The first-order valence-corrected chi connectivity index (χ1v) is 4.51. The second-order valence-corrected chi connectivity index (χ2v) is 3.93. The molecule has 14 heavy (non-hydrogen) atoms. The molecule has 0 fully saturated rings. The van der Waals surface area contributed by atoms with E-state index in [4.69, 9.17) is 5.73 Å². The van der Waals surface area contributed by atoms with E-state index in [-0.39, 0.29) is 11.9 Å². The van der Waals surface area contributed by atoms with Crippen LogP contribution < -0.4 is 11.1 Å². The van der Waals surface area contributed by atoms with E-state index in [9.17, 15) is 4.79 Å². The van der Waals surface area contributed by atoms with E-state index in [1.165, 1.54) is 6.20 Å². The maximum Gasteiger partial charge on any atom is 0.269 e. The summed E-state index contributed by atoms with van der Waals surface area (Å²) in [6, 6.07) is 1.50. The predicted octanol–water partition coefficient (Wildman–Crippen LogP) is 0.265. The summed E-state index contributed by atoms with van der Waals surface area (Å²) in [5.74, 6) is -0.190. The molecule has 1 heterocycles. The van der Waals surface area contributed by atoms with Gasteiger partial charge in [-0.2, -0.15) is 5.10 Å². The Morgan fingerprint density at radius 1 is 1.71 bits per heavy atom. The molecule has 0 aliphatic rings. The van der Waals surface area contributed by atoms with Crippen LogP contribution in [0.5, 0.6) is 0 Å². The standard InChI is InChI=1S/C9H16N4O/c1-6(10)9(2,3)12-8(14)7-4-5-11-13-7/h4-6H,10H2,1-3H3,(H,11,13)(H,12,14). The van der Waals surface area contributed by atoms with Gasteiger partial charge in [-0.15, -0.1) is 0 Å². The molecule has 0 aliphatic carbocycles. The maximum atomic E-state index is 11.6. The van der Waals surface area contributed by atoms with Crippen molar-refractivity contribution in [2.75, 3.05) is 0 Å². The molecular weight excluding hydrogens is 180 g/mol. The lowest BCUT2D eigenvalue weighted by atomic mass is 9.97. The van der Waals surface area contributed by atoms with Crippen LogP contribution in [0.15, 0.2) is 12.3 Å². The van der Waals surface area contributed by atoms with Crippen molar-refractivity contribution in [1.82, 2.24) is 15.5 Å². The van der Waals surface area contributed by atoms with Crippen molar-refractivity contribution < 1.29 is 4.79 Å². The van der Waals surface area contributed by atoms with Gasteiger partial charge in [-0.05, 0) is 26.8 Å². The molecule has 0 aromatic carbocycles. The molecule has 0 aliphatic heterocycles. The highest BCUT2D eigenvalue weighted by atomic mass is 16.2. The molecular formula is C9H16N4O. The van der Waals surface area contributed by atoms with Crippen molar-refractivity contribution in [3.63, 3.8) is 0 Å². The lowest BCUT2D eigenvalue weighted by Crippen LogP contribution is -2.54. The average Bonchev–Trinajstić information content (AvgIpc) is 2.54. The SMILES string of the molecule is CC(N)C(C)(C)NC(=O)c1ccn[nH]1. The number of nitrogens with one attached hydrogen (secondary N) is 2. The fourth-order valence-corrected chi connectivity index (χ4v) is 0.856. The van der Waals surface area contributed by atoms with Crippen LogP contribution in [0, 0.1) is 0 Å². The first kappa shape index (κ1) is 10.7. The second kappa shape index (κ2) is 3.79. The van der Waals surface area contributed by atoms with Crippen LogP contribution in [-0.4, -0.2) is 27.7 Å². The van der Waals surface area contributed by atoms with Gasteiger partial charge in [0.15, 0.2) is 0 Å². The molecule has 1 amide bonds. The number of amides is 1. The van der Waals surface area contributed by atoms with Crippen molar-refractivity contribution in [3.8, 4) is 0 Å². The summed E-state index contributed by atoms with van der Waals surface area (Å²) in [4.78, 5) is 11.6. The largest absolute Gasteiger partial charge is 0.344 e. The second-order valence-electron chi connectivity index (χ2n) is 3.93. The first-order valence-electron chi connectivity index (χ1n) is 4.51. The smallest absolute Gasteiger partial charge is 0.269 e. The summed E-state index contributed by atoms with van der Waals surface area (Å²) in [6.07, 6.45) is 1.54. The van der Waals surface area contributed by atoms with Gasteiger partial charge < -0.3 is 11.1 Å². The van der Waals surface area contributed by atoms with Crippen molar-refractivity contribution in [2.45, 2.75) is 32.4 Å². The monoisotopic (exact) mass is 196 g/mol. The molecule has 0 radical (unpaired) electrons. The van der Waals surface area contributed by atoms with Gasteiger partial charge in [-0.25, -0.2) is 0 Å². The summed E-state index contributed by atoms with van der Waals surface area (Å²) >= 11 is 0. The number of aromatic nitrogens is 2. The Balaban J connectivity index is 2.66. The fourth-order valence-electron chi connectivity index (χ4n) is 0.856. The minimum absolute atomic E-state index is 0.116. The van der Waals surface area contributed by atoms with Gasteiger partial charge >= 0.3 is 0 Å². The van der Waals surface area contributed by atoms with E-state index in [1.807, 2.05) is 20.8 Å². The lowest BCUT2D eigenvalue weighted by molar-refractivity contribution is 0.0898. The molecule has 0 bridgehead atoms. The summed E-state index contributed by atoms with van der Waals surface area (Å²) in [5.41, 5.74) is 5.75. The quantitative estimate of drug-likeness (QED) is 0.648. The number of nitrogens with two attached hydrogens (primary N) is 1. The normalized spacial score (nSPS) is 13.7. The zero-order valence-corrected chi connectivity index (χ0v) is 8.66. The van der Waals surface area contributed by atoms with Crippen molar-refractivity contribution in [2.24, 2.45) is 5.73 Å². The summed E-state index contributed by atoms with van der Waals surface area (Å²) in [6.45, 7) is 5.62. The van der Waals surface area contributed by atoms with Crippen LogP contribution in [0.2, 0.25) is 0 Å². The number of carbonyl (C=O) groups is 1. The van der Waals surface area contributed by atoms with Gasteiger partial charge in [0.2, 0.25) is 0 Å². The molecule has 0 saturated heterocycles. The van der Waals surface area contributed by atoms with E-state index in [2.05, 4.69) is 15.5 Å².